The number of thioether (sulfide) groups is 1. The van der Waals surface area contributed by atoms with Crippen LogP contribution < -0.4 is 4.74 Å². The van der Waals surface area contributed by atoms with E-state index in [0.29, 0.717) is 12.2 Å². The SMILES string of the molecule is Cc1cccc(OCCSc2ccc(C(=O)O)cc2)c1. The van der Waals surface area contributed by atoms with Crippen LogP contribution in [0.5, 0.6) is 5.75 Å². The Morgan fingerprint density at radius 1 is 1.20 bits per heavy atom. The Morgan fingerprint density at radius 3 is 2.60 bits per heavy atom. The number of hydrogen-bond donors (Lipinski definition) is 1. The second-order valence-electron chi connectivity index (χ2n) is 4.34. The average Bonchev–Trinajstić information content (AvgIpc) is 2.44. The monoisotopic (exact) mass is 288 g/mol. The summed E-state index contributed by atoms with van der Waals surface area (Å²) in [4.78, 5) is 11.8. The predicted molar refractivity (Wildman–Crippen MR) is 80.8 cm³/mol. The van der Waals surface area contributed by atoms with Crippen molar-refractivity contribution >= 4 is 17.7 Å². The Hall–Kier alpha value is -1.94. The van der Waals surface area contributed by atoms with Crippen LogP contribution in [0.25, 0.3) is 0 Å². The molecular weight excluding hydrogens is 272 g/mol. The summed E-state index contributed by atoms with van der Waals surface area (Å²) in [5.41, 5.74) is 1.49. The topological polar surface area (TPSA) is 46.5 Å². The van der Waals surface area contributed by atoms with Crippen LogP contribution >= 0.6 is 11.8 Å². The van der Waals surface area contributed by atoms with E-state index in [1.165, 1.54) is 5.56 Å². The zero-order valence-corrected chi connectivity index (χ0v) is 12.0. The third-order valence-electron chi connectivity index (χ3n) is 2.71. The third kappa shape index (κ3) is 4.31. The van der Waals surface area contributed by atoms with Crippen molar-refractivity contribution in [1.29, 1.82) is 0 Å². The molecule has 0 heterocycles. The molecular formula is C16H16O3S. The van der Waals surface area contributed by atoms with Gasteiger partial charge in [0, 0.05) is 10.6 Å². The molecule has 0 atom stereocenters. The second kappa shape index (κ2) is 7.01. The van der Waals surface area contributed by atoms with Crippen LogP contribution in [0.4, 0.5) is 0 Å². The van der Waals surface area contributed by atoms with Gasteiger partial charge in [-0.1, -0.05) is 12.1 Å². The molecule has 1 N–H and O–H groups in total. The standard InChI is InChI=1S/C16H16O3S/c1-12-3-2-4-14(11-12)19-9-10-20-15-7-5-13(6-8-15)16(17)18/h2-8,11H,9-10H2,1H3,(H,17,18). The molecule has 0 amide bonds. The molecule has 0 aliphatic carbocycles. The van der Waals surface area contributed by atoms with Gasteiger partial charge < -0.3 is 9.84 Å². The van der Waals surface area contributed by atoms with Crippen LogP contribution in [0.2, 0.25) is 0 Å². The lowest BCUT2D eigenvalue weighted by atomic mass is 10.2. The predicted octanol–water partition coefficient (Wildman–Crippen LogP) is 3.86. The largest absolute Gasteiger partial charge is 0.493 e. The number of benzene rings is 2. The van der Waals surface area contributed by atoms with Gasteiger partial charge in [0.15, 0.2) is 0 Å². The summed E-state index contributed by atoms with van der Waals surface area (Å²) in [6, 6.07) is 14.8. The summed E-state index contributed by atoms with van der Waals surface area (Å²) in [6.45, 7) is 2.65. The number of rotatable bonds is 6. The molecule has 4 heteroatoms. The summed E-state index contributed by atoms with van der Waals surface area (Å²) in [6.07, 6.45) is 0. The molecule has 2 rings (SSSR count). The van der Waals surface area contributed by atoms with E-state index in [4.69, 9.17) is 9.84 Å². The van der Waals surface area contributed by atoms with E-state index in [1.54, 1.807) is 23.9 Å². The molecule has 2 aromatic rings. The van der Waals surface area contributed by atoms with Crippen molar-refractivity contribution in [3.8, 4) is 5.75 Å². The zero-order chi connectivity index (χ0) is 14.4. The number of hydrogen-bond acceptors (Lipinski definition) is 3. The van der Waals surface area contributed by atoms with Crippen LogP contribution in [0, 0.1) is 6.92 Å². The fourth-order valence-electron chi connectivity index (χ4n) is 1.72. The third-order valence-corrected chi connectivity index (χ3v) is 3.69. The highest BCUT2D eigenvalue weighted by Gasteiger charge is 2.02. The molecule has 0 aliphatic heterocycles. The fourth-order valence-corrected chi connectivity index (χ4v) is 2.45. The number of ether oxygens (including phenoxy) is 1. The number of carboxylic acid groups (broad SMARTS) is 1. The van der Waals surface area contributed by atoms with Crippen LogP contribution in [0.15, 0.2) is 53.4 Å². The molecule has 104 valence electrons. The summed E-state index contributed by atoms with van der Waals surface area (Å²) < 4.78 is 5.66. The molecule has 0 aromatic heterocycles. The molecule has 0 aliphatic rings. The van der Waals surface area contributed by atoms with Gasteiger partial charge in [-0.15, -0.1) is 11.8 Å². The van der Waals surface area contributed by atoms with Gasteiger partial charge in [0.25, 0.3) is 0 Å². The van der Waals surface area contributed by atoms with Crippen molar-refractivity contribution in [2.45, 2.75) is 11.8 Å². The number of carbonyl (C=O) groups is 1. The Kier molecular flexibility index (Phi) is 5.07. The lowest BCUT2D eigenvalue weighted by Gasteiger charge is -2.06. The maximum atomic E-state index is 10.7. The molecule has 0 unspecified atom stereocenters. The van der Waals surface area contributed by atoms with Gasteiger partial charge in [-0.05, 0) is 48.9 Å². The van der Waals surface area contributed by atoms with Gasteiger partial charge in [0.1, 0.15) is 5.75 Å². The lowest BCUT2D eigenvalue weighted by Crippen LogP contribution is -2.00. The first-order valence-electron chi connectivity index (χ1n) is 6.31. The smallest absolute Gasteiger partial charge is 0.335 e. The van der Waals surface area contributed by atoms with Crippen LogP contribution in [0.3, 0.4) is 0 Å². The molecule has 0 radical (unpaired) electrons. The van der Waals surface area contributed by atoms with Gasteiger partial charge in [0.05, 0.1) is 12.2 Å². The highest BCUT2D eigenvalue weighted by molar-refractivity contribution is 7.99. The van der Waals surface area contributed by atoms with Gasteiger partial charge >= 0.3 is 5.97 Å². The summed E-state index contributed by atoms with van der Waals surface area (Å²) in [7, 11) is 0. The van der Waals surface area contributed by atoms with Crippen LogP contribution in [-0.2, 0) is 0 Å². The summed E-state index contributed by atoms with van der Waals surface area (Å²) in [5, 5.41) is 8.81. The van der Waals surface area contributed by atoms with Crippen molar-refractivity contribution in [3.63, 3.8) is 0 Å². The van der Waals surface area contributed by atoms with Gasteiger partial charge in [-0.3, -0.25) is 0 Å². The van der Waals surface area contributed by atoms with E-state index in [1.807, 2.05) is 43.3 Å². The fraction of sp³-hybridized carbons (Fsp3) is 0.188. The van der Waals surface area contributed by atoms with Crippen molar-refractivity contribution in [2.75, 3.05) is 12.4 Å². The Bertz CT molecular complexity index is 579. The summed E-state index contributed by atoms with van der Waals surface area (Å²) in [5.74, 6) is 0.802. The van der Waals surface area contributed by atoms with Crippen molar-refractivity contribution in [1.82, 2.24) is 0 Å². The molecule has 0 bridgehead atoms. The number of carboxylic acids is 1. The quantitative estimate of drug-likeness (QED) is 0.647. The van der Waals surface area contributed by atoms with E-state index in [9.17, 15) is 4.79 Å². The highest BCUT2D eigenvalue weighted by atomic mass is 32.2. The van der Waals surface area contributed by atoms with Gasteiger partial charge in [-0.2, -0.15) is 0 Å². The van der Waals surface area contributed by atoms with Gasteiger partial charge in [0.2, 0.25) is 0 Å². The average molecular weight is 288 g/mol. The molecule has 0 spiro atoms. The first kappa shape index (κ1) is 14.5. The van der Waals surface area contributed by atoms with E-state index in [0.717, 1.165) is 16.4 Å². The second-order valence-corrected chi connectivity index (χ2v) is 5.51. The maximum absolute atomic E-state index is 10.7. The first-order valence-corrected chi connectivity index (χ1v) is 7.29. The molecule has 3 nitrogen and oxygen atoms in total. The van der Waals surface area contributed by atoms with E-state index < -0.39 is 5.97 Å². The zero-order valence-electron chi connectivity index (χ0n) is 11.2. The maximum Gasteiger partial charge on any atom is 0.335 e. The van der Waals surface area contributed by atoms with E-state index in [2.05, 4.69) is 0 Å². The molecule has 0 fully saturated rings. The van der Waals surface area contributed by atoms with Gasteiger partial charge in [-0.25, -0.2) is 4.79 Å². The Morgan fingerprint density at radius 2 is 1.95 bits per heavy atom. The van der Waals surface area contributed by atoms with Crippen LogP contribution in [0.1, 0.15) is 15.9 Å². The van der Waals surface area contributed by atoms with Crippen molar-refractivity contribution in [2.24, 2.45) is 0 Å². The first-order chi connectivity index (χ1) is 9.65. The van der Waals surface area contributed by atoms with Crippen LogP contribution in [-0.4, -0.2) is 23.4 Å². The Labute approximate surface area is 122 Å². The molecule has 0 saturated carbocycles. The normalized spacial score (nSPS) is 10.2. The minimum atomic E-state index is -0.899. The van der Waals surface area contributed by atoms with E-state index in [-0.39, 0.29) is 0 Å². The highest BCUT2D eigenvalue weighted by Crippen LogP contribution is 2.19. The summed E-state index contributed by atoms with van der Waals surface area (Å²) >= 11 is 1.65. The minimum absolute atomic E-state index is 0.311. The lowest BCUT2D eigenvalue weighted by molar-refractivity contribution is 0.0697. The number of aromatic carboxylic acids is 1. The van der Waals surface area contributed by atoms with Crippen molar-refractivity contribution < 1.29 is 14.6 Å². The molecule has 0 saturated heterocycles. The minimum Gasteiger partial charge on any atom is -0.493 e. The Balaban J connectivity index is 1.77. The van der Waals surface area contributed by atoms with Crippen molar-refractivity contribution in [3.05, 3.63) is 59.7 Å². The molecule has 2 aromatic carbocycles. The van der Waals surface area contributed by atoms with E-state index >= 15 is 0 Å². The molecule has 20 heavy (non-hydrogen) atoms. The number of aryl methyl sites for hydroxylation is 1.